The number of phenolic OH excluding ortho intramolecular Hbond substituents is 1. The summed E-state index contributed by atoms with van der Waals surface area (Å²) in [5, 5.41) is 15.4. The van der Waals surface area contributed by atoms with Gasteiger partial charge in [0.2, 0.25) is 0 Å². The van der Waals surface area contributed by atoms with Crippen molar-refractivity contribution in [2.75, 3.05) is 44.2 Å². The third kappa shape index (κ3) is 4.57. The van der Waals surface area contributed by atoms with Crippen LogP contribution in [0.4, 0.5) is 19.0 Å². The summed E-state index contributed by atoms with van der Waals surface area (Å²) >= 11 is 0. The molecule has 0 bridgehead atoms. The van der Waals surface area contributed by atoms with Crippen LogP contribution in [0.2, 0.25) is 0 Å². The van der Waals surface area contributed by atoms with Crippen LogP contribution in [-0.2, 0) is 0 Å². The molecule has 7 nitrogen and oxygen atoms in total. The molecule has 0 radical (unpaired) electrons. The fraction of sp³-hybridized carbons (Fsp3) is 0.455. The number of nitrogens with zero attached hydrogens (tertiary/aromatic N) is 4. The number of nitrogens with one attached hydrogen (secondary N) is 1. The van der Waals surface area contributed by atoms with Gasteiger partial charge in [0, 0.05) is 42.9 Å². The lowest BCUT2D eigenvalue weighted by Crippen LogP contribution is -2.43. The van der Waals surface area contributed by atoms with Crippen molar-refractivity contribution >= 4 is 27.5 Å². The fourth-order valence-electron chi connectivity index (χ4n) is 8.04. The maximum absolute atomic E-state index is 15.1. The first-order chi connectivity index (χ1) is 20.9. The molecule has 0 amide bonds. The van der Waals surface area contributed by atoms with Gasteiger partial charge >= 0.3 is 6.01 Å². The summed E-state index contributed by atoms with van der Waals surface area (Å²) in [6.07, 6.45) is 3.81. The van der Waals surface area contributed by atoms with Crippen molar-refractivity contribution in [3.05, 3.63) is 54.1 Å². The molecule has 4 saturated heterocycles. The molecule has 8 rings (SSSR count). The standard InChI is InChI=1S/C33H34F3N5O2/c34-22-14-33(8-2-10-41(33)16-22)18-43-32-38-27-12-19(25-13-23(42)11-20-5-7-26(35)30(36)29(20)25)4-6-24(27)31(39-32)40-15-21-3-1-9-37-28(21)17-40/h4-7,11-13,21-22,28,37,42H,1-3,8-10,14-18H2/t21?,22-,28?,33+/m1/s1. The summed E-state index contributed by atoms with van der Waals surface area (Å²) in [5.74, 6) is -0.653. The van der Waals surface area contributed by atoms with E-state index in [1.807, 2.05) is 18.2 Å². The molecule has 3 aromatic carbocycles. The zero-order chi connectivity index (χ0) is 29.3. The van der Waals surface area contributed by atoms with Crippen LogP contribution in [0.1, 0.15) is 32.1 Å². The third-order valence-electron chi connectivity index (χ3n) is 10.1. The fourth-order valence-corrected chi connectivity index (χ4v) is 8.04. The van der Waals surface area contributed by atoms with Gasteiger partial charge in [-0.15, -0.1) is 0 Å². The second-order valence-electron chi connectivity index (χ2n) is 12.7. The lowest BCUT2D eigenvalue weighted by atomic mass is 9.94. The molecule has 4 atom stereocenters. The topological polar surface area (TPSA) is 73.8 Å². The smallest absolute Gasteiger partial charge is 0.319 e. The number of piperidine rings is 1. The summed E-state index contributed by atoms with van der Waals surface area (Å²) in [5.41, 5.74) is 1.22. The Morgan fingerprint density at radius 2 is 1.95 bits per heavy atom. The summed E-state index contributed by atoms with van der Waals surface area (Å²) in [4.78, 5) is 14.2. The number of anilines is 1. The van der Waals surface area contributed by atoms with Gasteiger partial charge in [-0.3, -0.25) is 4.90 Å². The maximum atomic E-state index is 15.1. The first-order valence-corrected chi connectivity index (χ1v) is 15.3. The van der Waals surface area contributed by atoms with Crippen molar-refractivity contribution in [1.82, 2.24) is 20.2 Å². The minimum Gasteiger partial charge on any atom is -0.508 e. The van der Waals surface area contributed by atoms with E-state index in [0.717, 1.165) is 62.7 Å². The third-order valence-corrected chi connectivity index (χ3v) is 10.1. The molecule has 0 saturated carbocycles. The van der Waals surface area contributed by atoms with Gasteiger partial charge in [-0.25, -0.2) is 13.2 Å². The van der Waals surface area contributed by atoms with Crippen molar-refractivity contribution in [3.63, 3.8) is 0 Å². The molecule has 224 valence electrons. The van der Waals surface area contributed by atoms with Gasteiger partial charge in [0.1, 0.15) is 24.3 Å². The minimum absolute atomic E-state index is 0.0451. The van der Waals surface area contributed by atoms with Crippen LogP contribution in [-0.4, -0.2) is 77.1 Å². The Morgan fingerprint density at radius 3 is 2.84 bits per heavy atom. The van der Waals surface area contributed by atoms with E-state index >= 15 is 4.39 Å². The van der Waals surface area contributed by atoms with E-state index in [2.05, 4.69) is 15.1 Å². The number of hydrogen-bond donors (Lipinski definition) is 2. The number of rotatable bonds is 5. The van der Waals surface area contributed by atoms with Crippen LogP contribution in [0.5, 0.6) is 11.8 Å². The number of halogens is 3. The number of benzene rings is 3. The molecule has 5 heterocycles. The van der Waals surface area contributed by atoms with Crippen molar-refractivity contribution in [2.24, 2.45) is 5.92 Å². The Hall–Kier alpha value is -3.63. The van der Waals surface area contributed by atoms with E-state index in [9.17, 15) is 13.9 Å². The van der Waals surface area contributed by atoms with Crippen LogP contribution in [0.25, 0.3) is 32.8 Å². The molecule has 4 aromatic rings. The Bertz CT molecular complexity index is 1720. The molecule has 4 aliphatic heterocycles. The maximum Gasteiger partial charge on any atom is 0.319 e. The summed E-state index contributed by atoms with van der Waals surface area (Å²) in [6, 6.07) is 11.6. The van der Waals surface area contributed by atoms with Crippen molar-refractivity contribution < 1.29 is 23.0 Å². The summed E-state index contributed by atoms with van der Waals surface area (Å²) < 4.78 is 50.2. The highest BCUT2D eigenvalue weighted by molar-refractivity contribution is 6.01. The quantitative estimate of drug-likeness (QED) is 0.315. The van der Waals surface area contributed by atoms with E-state index in [-0.39, 0.29) is 22.7 Å². The molecule has 2 unspecified atom stereocenters. The first kappa shape index (κ1) is 27.0. The zero-order valence-corrected chi connectivity index (χ0v) is 23.8. The highest BCUT2D eigenvalue weighted by atomic mass is 19.2. The van der Waals surface area contributed by atoms with E-state index in [0.29, 0.717) is 53.6 Å². The van der Waals surface area contributed by atoms with E-state index in [4.69, 9.17) is 14.7 Å². The number of fused-ring (bicyclic) bond motifs is 4. The second-order valence-corrected chi connectivity index (χ2v) is 12.7. The Labute approximate surface area is 247 Å². The summed E-state index contributed by atoms with van der Waals surface area (Å²) in [7, 11) is 0. The highest BCUT2D eigenvalue weighted by Crippen LogP contribution is 2.42. The van der Waals surface area contributed by atoms with Crippen LogP contribution < -0.4 is 15.0 Å². The van der Waals surface area contributed by atoms with E-state index < -0.39 is 17.8 Å². The highest BCUT2D eigenvalue weighted by Gasteiger charge is 2.49. The zero-order valence-electron chi connectivity index (χ0n) is 23.8. The monoisotopic (exact) mass is 589 g/mol. The molecular weight excluding hydrogens is 555 g/mol. The Kier molecular flexibility index (Phi) is 6.41. The minimum atomic E-state index is -0.963. The van der Waals surface area contributed by atoms with Gasteiger partial charge in [-0.1, -0.05) is 12.1 Å². The SMILES string of the molecule is Oc1cc(-c2ccc3c(N4CC5CCCNC5C4)nc(OC[C@@]45CCCN4C[C@H](F)C5)nc3c2)c2c(F)c(F)ccc2c1. The van der Waals surface area contributed by atoms with Gasteiger partial charge < -0.3 is 20.1 Å². The lowest BCUT2D eigenvalue weighted by molar-refractivity contribution is 0.107. The average Bonchev–Trinajstić information content (AvgIpc) is 3.69. The van der Waals surface area contributed by atoms with Crippen LogP contribution in [0.15, 0.2) is 42.5 Å². The van der Waals surface area contributed by atoms with Crippen LogP contribution in [0.3, 0.4) is 0 Å². The average molecular weight is 590 g/mol. The molecule has 0 aliphatic carbocycles. The second kappa shape index (κ2) is 10.2. The van der Waals surface area contributed by atoms with E-state index in [1.165, 1.54) is 24.6 Å². The molecule has 4 aliphatic rings. The first-order valence-electron chi connectivity index (χ1n) is 15.3. The van der Waals surface area contributed by atoms with Crippen LogP contribution >= 0.6 is 0 Å². The normalized spacial score (nSPS) is 27.2. The van der Waals surface area contributed by atoms with Gasteiger partial charge in [0.05, 0.1) is 11.1 Å². The number of alkyl halides is 1. The number of hydrogen-bond acceptors (Lipinski definition) is 7. The van der Waals surface area contributed by atoms with E-state index in [1.54, 1.807) is 0 Å². The lowest BCUT2D eigenvalue weighted by Gasteiger charge is -2.31. The van der Waals surface area contributed by atoms with Crippen LogP contribution in [0, 0.1) is 17.6 Å². The molecule has 0 spiro atoms. The predicted molar refractivity (Wildman–Crippen MR) is 159 cm³/mol. The predicted octanol–water partition coefficient (Wildman–Crippen LogP) is 5.58. The van der Waals surface area contributed by atoms with Gasteiger partial charge in [-0.05, 0) is 91.5 Å². The number of aromatic hydroxyl groups is 1. The molecule has 2 N–H and O–H groups in total. The van der Waals surface area contributed by atoms with Crippen molar-refractivity contribution in [2.45, 2.75) is 49.9 Å². The number of aromatic nitrogens is 2. The van der Waals surface area contributed by atoms with Gasteiger partial charge in [-0.2, -0.15) is 9.97 Å². The molecular formula is C33H34F3N5O2. The molecule has 4 fully saturated rings. The molecule has 10 heteroatoms. The number of phenols is 1. The molecule has 43 heavy (non-hydrogen) atoms. The Morgan fingerprint density at radius 1 is 1.05 bits per heavy atom. The largest absolute Gasteiger partial charge is 0.508 e. The van der Waals surface area contributed by atoms with Crippen molar-refractivity contribution in [1.29, 1.82) is 0 Å². The van der Waals surface area contributed by atoms with Gasteiger partial charge in [0.25, 0.3) is 0 Å². The molecule has 1 aromatic heterocycles. The number of ether oxygens (including phenoxy) is 1. The summed E-state index contributed by atoms with van der Waals surface area (Å²) in [6.45, 7) is 4.33. The van der Waals surface area contributed by atoms with Crippen molar-refractivity contribution in [3.8, 4) is 22.9 Å². The van der Waals surface area contributed by atoms with Gasteiger partial charge in [0.15, 0.2) is 11.6 Å². The Balaban J connectivity index is 1.22.